The monoisotopic (exact) mass is 381 g/mol. The molecule has 2 aromatic carbocycles. The number of carbonyl (C=O) groups is 2. The molecule has 0 fully saturated rings. The van der Waals surface area contributed by atoms with Gasteiger partial charge in [-0.1, -0.05) is 60.7 Å². The maximum Gasteiger partial charge on any atom is 0.303 e. The van der Waals surface area contributed by atoms with Gasteiger partial charge in [-0.05, 0) is 51.4 Å². The third kappa shape index (κ3) is 5.29. The van der Waals surface area contributed by atoms with Gasteiger partial charge in [0.25, 0.3) is 0 Å². The number of ketones is 1. The molecule has 1 atom stereocenters. The summed E-state index contributed by atoms with van der Waals surface area (Å²) in [7, 11) is 4.06. The van der Waals surface area contributed by atoms with E-state index in [0.717, 1.165) is 11.1 Å². The molecule has 0 bridgehead atoms. The van der Waals surface area contributed by atoms with Gasteiger partial charge in [-0.3, -0.25) is 9.59 Å². The lowest BCUT2D eigenvalue weighted by atomic mass is 9.66. The Morgan fingerprint density at radius 1 is 0.893 bits per heavy atom. The number of hydrogen-bond acceptors (Lipinski definition) is 3. The van der Waals surface area contributed by atoms with Crippen LogP contribution in [0.1, 0.15) is 50.2 Å². The van der Waals surface area contributed by atoms with Gasteiger partial charge in [0.15, 0.2) is 0 Å². The molecule has 0 saturated carbocycles. The third-order valence-electron chi connectivity index (χ3n) is 5.54. The van der Waals surface area contributed by atoms with E-state index < -0.39 is 11.4 Å². The number of rotatable bonds is 11. The van der Waals surface area contributed by atoms with Crippen LogP contribution >= 0.6 is 0 Å². The highest BCUT2D eigenvalue weighted by atomic mass is 16.4. The van der Waals surface area contributed by atoms with Crippen LogP contribution in [0.2, 0.25) is 0 Å². The smallest absolute Gasteiger partial charge is 0.303 e. The fraction of sp³-hybridized carbons (Fsp3) is 0.417. The first-order valence-electron chi connectivity index (χ1n) is 9.90. The van der Waals surface area contributed by atoms with Crippen molar-refractivity contribution in [2.45, 2.75) is 50.5 Å². The van der Waals surface area contributed by atoms with Crippen LogP contribution in [0.4, 0.5) is 0 Å². The Morgan fingerprint density at radius 3 is 1.79 bits per heavy atom. The normalized spacial score (nSPS) is 12.7. The number of unbranched alkanes of at least 4 members (excludes halogenated alkanes) is 1. The molecule has 0 aliphatic heterocycles. The molecule has 0 aliphatic carbocycles. The summed E-state index contributed by atoms with van der Waals surface area (Å²) < 4.78 is 0. The summed E-state index contributed by atoms with van der Waals surface area (Å²) in [5, 5.41) is 8.88. The van der Waals surface area contributed by atoms with Gasteiger partial charge in [-0.2, -0.15) is 0 Å². The SMILES string of the molecule is CC(CC(C(=O)CCCCC(=O)O)(c1ccccc1)c1ccccc1)N(C)C. The number of nitrogens with zero attached hydrogens (tertiary/aromatic N) is 1. The maximum absolute atomic E-state index is 13.7. The van der Waals surface area contributed by atoms with Gasteiger partial charge in [-0.25, -0.2) is 0 Å². The summed E-state index contributed by atoms with van der Waals surface area (Å²) in [6.07, 6.45) is 2.25. The molecule has 0 heterocycles. The fourth-order valence-electron chi connectivity index (χ4n) is 3.68. The van der Waals surface area contributed by atoms with Gasteiger partial charge in [0.05, 0.1) is 5.41 Å². The van der Waals surface area contributed by atoms with Gasteiger partial charge < -0.3 is 10.0 Å². The lowest BCUT2D eigenvalue weighted by molar-refractivity contribution is -0.137. The molecule has 0 aromatic heterocycles. The summed E-state index contributed by atoms with van der Waals surface area (Å²) in [4.78, 5) is 26.7. The summed E-state index contributed by atoms with van der Waals surface area (Å²) in [5.41, 5.74) is 1.26. The van der Waals surface area contributed by atoms with Crippen molar-refractivity contribution in [2.24, 2.45) is 0 Å². The highest BCUT2D eigenvalue weighted by molar-refractivity contribution is 5.94. The minimum absolute atomic E-state index is 0.102. The molecule has 0 amide bonds. The van der Waals surface area contributed by atoms with E-state index in [2.05, 4.69) is 11.8 Å². The fourth-order valence-corrected chi connectivity index (χ4v) is 3.68. The number of carboxylic acid groups (broad SMARTS) is 1. The molecule has 1 unspecified atom stereocenters. The molecule has 0 radical (unpaired) electrons. The summed E-state index contributed by atoms with van der Waals surface area (Å²) >= 11 is 0. The van der Waals surface area contributed by atoms with E-state index in [0.29, 0.717) is 25.7 Å². The lowest BCUT2D eigenvalue weighted by Crippen LogP contribution is -2.43. The molecule has 28 heavy (non-hydrogen) atoms. The van der Waals surface area contributed by atoms with E-state index in [1.54, 1.807) is 0 Å². The quantitative estimate of drug-likeness (QED) is 0.581. The Bertz CT molecular complexity index is 716. The zero-order chi connectivity index (χ0) is 20.6. The van der Waals surface area contributed by atoms with Gasteiger partial charge in [0.1, 0.15) is 5.78 Å². The Balaban J connectivity index is 2.47. The zero-order valence-corrected chi connectivity index (χ0v) is 17.1. The van der Waals surface area contributed by atoms with Crippen LogP contribution in [-0.4, -0.2) is 41.9 Å². The van der Waals surface area contributed by atoms with Crippen molar-refractivity contribution in [3.05, 3.63) is 71.8 Å². The van der Waals surface area contributed by atoms with Crippen molar-refractivity contribution < 1.29 is 14.7 Å². The van der Waals surface area contributed by atoms with Gasteiger partial charge in [0, 0.05) is 18.9 Å². The Kier molecular flexibility index (Phi) is 7.94. The molecule has 2 aromatic rings. The van der Waals surface area contributed by atoms with Crippen LogP contribution < -0.4 is 0 Å². The predicted octanol–water partition coefficient (Wildman–Crippen LogP) is 4.53. The van der Waals surface area contributed by atoms with Crippen LogP contribution in [0.25, 0.3) is 0 Å². The van der Waals surface area contributed by atoms with E-state index in [1.165, 1.54) is 0 Å². The minimum Gasteiger partial charge on any atom is -0.481 e. The maximum atomic E-state index is 13.7. The van der Waals surface area contributed by atoms with Gasteiger partial charge in [0.2, 0.25) is 0 Å². The second kappa shape index (κ2) is 10.2. The second-order valence-electron chi connectivity index (χ2n) is 7.68. The number of carboxylic acids is 1. The third-order valence-corrected chi connectivity index (χ3v) is 5.54. The zero-order valence-electron chi connectivity index (χ0n) is 17.1. The number of Topliss-reactive ketones (excluding diaryl/α,β-unsaturated/α-hetero) is 1. The summed E-state index contributed by atoms with van der Waals surface area (Å²) in [5.74, 6) is -0.657. The molecule has 150 valence electrons. The molecule has 0 spiro atoms. The van der Waals surface area contributed by atoms with Crippen molar-refractivity contribution in [3.8, 4) is 0 Å². The topological polar surface area (TPSA) is 57.6 Å². The average molecular weight is 382 g/mol. The van der Waals surface area contributed by atoms with Gasteiger partial charge in [-0.15, -0.1) is 0 Å². The number of benzene rings is 2. The number of hydrogen-bond donors (Lipinski definition) is 1. The van der Waals surface area contributed by atoms with Crippen LogP contribution in [0.15, 0.2) is 60.7 Å². The highest BCUT2D eigenvalue weighted by Gasteiger charge is 2.42. The minimum atomic E-state index is -0.814. The van der Waals surface area contributed by atoms with Crippen molar-refractivity contribution in [1.29, 1.82) is 0 Å². The lowest BCUT2D eigenvalue weighted by Gasteiger charge is -2.38. The number of carbonyl (C=O) groups excluding carboxylic acids is 1. The molecule has 1 N–H and O–H groups in total. The average Bonchev–Trinajstić information content (AvgIpc) is 2.70. The van der Waals surface area contributed by atoms with Crippen molar-refractivity contribution in [2.75, 3.05) is 14.1 Å². The molecular formula is C24H31NO3. The molecular weight excluding hydrogens is 350 g/mol. The molecule has 2 rings (SSSR count). The van der Waals surface area contributed by atoms with E-state index in [1.807, 2.05) is 74.8 Å². The van der Waals surface area contributed by atoms with Crippen molar-refractivity contribution in [1.82, 2.24) is 4.90 Å². The summed E-state index contributed by atoms with van der Waals surface area (Å²) in [6.45, 7) is 2.14. The molecule has 4 nitrogen and oxygen atoms in total. The van der Waals surface area contributed by atoms with Gasteiger partial charge >= 0.3 is 5.97 Å². The van der Waals surface area contributed by atoms with Crippen LogP contribution in [-0.2, 0) is 15.0 Å². The Morgan fingerprint density at radius 2 is 1.36 bits per heavy atom. The predicted molar refractivity (Wildman–Crippen MR) is 113 cm³/mol. The number of aliphatic carboxylic acids is 1. The first-order chi connectivity index (χ1) is 13.4. The van der Waals surface area contributed by atoms with Crippen molar-refractivity contribution >= 4 is 11.8 Å². The Labute approximate surface area is 168 Å². The van der Waals surface area contributed by atoms with Crippen molar-refractivity contribution in [3.63, 3.8) is 0 Å². The standard InChI is InChI=1S/C24H31NO3/c1-19(25(2)3)18-24(20-12-6-4-7-13-20,21-14-8-5-9-15-21)22(26)16-10-11-17-23(27)28/h4-9,12-15,19H,10-11,16-18H2,1-3H3,(H,27,28). The van der Waals surface area contributed by atoms with E-state index >= 15 is 0 Å². The van der Waals surface area contributed by atoms with E-state index in [4.69, 9.17) is 5.11 Å². The summed E-state index contributed by atoms with van der Waals surface area (Å²) in [6, 6.07) is 20.2. The molecule has 0 aliphatic rings. The van der Waals surface area contributed by atoms with Crippen LogP contribution in [0.3, 0.4) is 0 Å². The largest absolute Gasteiger partial charge is 0.481 e. The first kappa shape index (κ1) is 21.8. The molecule has 0 saturated heterocycles. The van der Waals surface area contributed by atoms with Crippen LogP contribution in [0.5, 0.6) is 0 Å². The second-order valence-corrected chi connectivity index (χ2v) is 7.68. The molecule has 4 heteroatoms. The highest BCUT2D eigenvalue weighted by Crippen LogP contribution is 2.40. The van der Waals surface area contributed by atoms with E-state index in [9.17, 15) is 9.59 Å². The first-order valence-corrected chi connectivity index (χ1v) is 9.90. The van der Waals surface area contributed by atoms with Crippen LogP contribution in [0, 0.1) is 0 Å². The van der Waals surface area contributed by atoms with E-state index in [-0.39, 0.29) is 18.2 Å². The Hall–Kier alpha value is -2.46.